The molecule has 0 aromatic rings. The van der Waals surface area contributed by atoms with Gasteiger partial charge < -0.3 is 14.8 Å². The van der Waals surface area contributed by atoms with Crippen molar-refractivity contribution in [1.82, 2.24) is 5.32 Å². The Labute approximate surface area is 68.1 Å². The van der Waals surface area contributed by atoms with E-state index in [1.54, 1.807) is 0 Å². The van der Waals surface area contributed by atoms with Crippen LogP contribution in [0.25, 0.3) is 0 Å². The zero-order chi connectivity index (χ0) is 8.32. The Morgan fingerprint density at radius 3 is 2.45 bits per heavy atom. The predicted molar refractivity (Wildman–Crippen MR) is 43.4 cm³/mol. The molecule has 0 spiro atoms. The molecule has 1 aliphatic rings. The second-order valence-corrected chi connectivity index (χ2v) is 3.53. The number of rotatable bonds is 4. The summed E-state index contributed by atoms with van der Waals surface area (Å²) in [4.78, 5) is 0. The quantitative estimate of drug-likeness (QED) is 0.614. The topological polar surface area (TPSA) is 30.5 Å². The summed E-state index contributed by atoms with van der Waals surface area (Å²) in [5, 5.41) is 3.16. The molecule has 3 heteroatoms. The van der Waals surface area contributed by atoms with E-state index in [4.69, 9.17) is 9.47 Å². The van der Waals surface area contributed by atoms with E-state index in [2.05, 4.69) is 12.2 Å². The molecule has 66 valence electrons. The van der Waals surface area contributed by atoms with Crippen LogP contribution in [0.15, 0.2) is 0 Å². The fourth-order valence-electron chi connectivity index (χ4n) is 0.891. The summed E-state index contributed by atoms with van der Waals surface area (Å²) < 4.78 is 10.8. The first-order valence-electron chi connectivity index (χ1n) is 4.09. The van der Waals surface area contributed by atoms with Crippen molar-refractivity contribution in [1.29, 1.82) is 0 Å². The molecule has 3 nitrogen and oxygen atoms in total. The van der Waals surface area contributed by atoms with Gasteiger partial charge in [-0.15, -0.1) is 0 Å². The van der Waals surface area contributed by atoms with Crippen LogP contribution >= 0.6 is 0 Å². The van der Waals surface area contributed by atoms with Gasteiger partial charge in [0.15, 0.2) is 0 Å². The summed E-state index contributed by atoms with van der Waals surface area (Å²) in [6, 6.07) is 0. The Kier molecular flexibility index (Phi) is 2.87. The van der Waals surface area contributed by atoms with Crippen molar-refractivity contribution in [3.63, 3.8) is 0 Å². The van der Waals surface area contributed by atoms with Gasteiger partial charge in [-0.3, -0.25) is 0 Å². The molecule has 1 saturated heterocycles. The van der Waals surface area contributed by atoms with Gasteiger partial charge in [0.2, 0.25) is 0 Å². The van der Waals surface area contributed by atoms with Gasteiger partial charge in [0, 0.05) is 13.1 Å². The molecular formula is C8H17NO2. The largest absolute Gasteiger partial charge is 0.353 e. The van der Waals surface area contributed by atoms with Crippen molar-refractivity contribution >= 4 is 0 Å². The first kappa shape index (κ1) is 8.97. The number of nitrogens with one attached hydrogen (secondary N) is 1. The maximum atomic E-state index is 5.49. The summed E-state index contributed by atoms with van der Waals surface area (Å²) in [5.74, 6) is 0. The van der Waals surface area contributed by atoms with Gasteiger partial charge in [0.1, 0.15) is 6.79 Å². The molecule has 0 bridgehead atoms. The molecule has 0 aliphatic carbocycles. The molecule has 1 aliphatic heterocycles. The van der Waals surface area contributed by atoms with Crippen LogP contribution in [0, 0.1) is 0 Å². The SMILES string of the molecule is CC(C)OCOC1(C)CNC1. The molecule has 1 heterocycles. The molecule has 0 aromatic carbocycles. The fourth-order valence-corrected chi connectivity index (χ4v) is 0.891. The zero-order valence-corrected chi connectivity index (χ0v) is 7.52. The Morgan fingerprint density at radius 2 is 2.09 bits per heavy atom. The number of hydrogen-bond donors (Lipinski definition) is 1. The minimum Gasteiger partial charge on any atom is -0.353 e. The van der Waals surface area contributed by atoms with E-state index in [-0.39, 0.29) is 11.7 Å². The molecule has 0 atom stereocenters. The van der Waals surface area contributed by atoms with Gasteiger partial charge in [0.25, 0.3) is 0 Å². The highest BCUT2D eigenvalue weighted by atomic mass is 16.7. The molecule has 0 radical (unpaired) electrons. The molecule has 1 rings (SSSR count). The average Bonchev–Trinajstić information content (AvgIpc) is 1.83. The number of hydrogen-bond acceptors (Lipinski definition) is 3. The minimum atomic E-state index is 0.0227. The summed E-state index contributed by atoms with van der Waals surface area (Å²) in [7, 11) is 0. The van der Waals surface area contributed by atoms with E-state index in [1.165, 1.54) is 0 Å². The van der Waals surface area contributed by atoms with E-state index in [9.17, 15) is 0 Å². The third kappa shape index (κ3) is 2.77. The number of ether oxygens (including phenoxy) is 2. The Balaban J connectivity index is 2.02. The first-order chi connectivity index (χ1) is 5.12. The lowest BCUT2D eigenvalue weighted by Gasteiger charge is -2.38. The summed E-state index contributed by atoms with van der Waals surface area (Å²) >= 11 is 0. The van der Waals surface area contributed by atoms with E-state index in [0.29, 0.717) is 6.79 Å². The molecule has 1 fully saturated rings. The predicted octanol–water partition coefficient (Wildman–Crippen LogP) is 0.747. The molecule has 11 heavy (non-hydrogen) atoms. The third-order valence-electron chi connectivity index (χ3n) is 1.81. The van der Waals surface area contributed by atoms with Crippen LogP contribution in [-0.4, -0.2) is 31.6 Å². The van der Waals surface area contributed by atoms with Gasteiger partial charge >= 0.3 is 0 Å². The zero-order valence-electron chi connectivity index (χ0n) is 7.52. The Morgan fingerprint density at radius 1 is 1.45 bits per heavy atom. The highest BCUT2D eigenvalue weighted by Crippen LogP contribution is 2.14. The first-order valence-corrected chi connectivity index (χ1v) is 4.09. The summed E-state index contributed by atoms with van der Waals surface area (Å²) in [6.45, 7) is 8.39. The van der Waals surface area contributed by atoms with Gasteiger partial charge in [-0.1, -0.05) is 0 Å². The Hall–Kier alpha value is -0.120. The highest BCUT2D eigenvalue weighted by Gasteiger charge is 2.32. The maximum Gasteiger partial charge on any atom is 0.147 e. The third-order valence-corrected chi connectivity index (χ3v) is 1.81. The summed E-state index contributed by atoms with van der Waals surface area (Å²) in [6.07, 6.45) is 0.256. The summed E-state index contributed by atoms with van der Waals surface area (Å²) in [5.41, 5.74) is 0.0227. The van der Waals surface area contributed by atoms with Crippen LogP contribution in [0.4, 0.5) is 0 Å². The normalized spacial score (nSPS) is 21.8. The fraction of sp³-hybridized carbons (Fsp3) is 1.00. The van der Waals surface area contributed by atoms with E-state index < -0.39 is 0 Å². The smallest absolute Gasteiger partial charge is 0.147 e. The second kappa shape index (κ2) is 3.52. The standard InChI is InChI=1S/C8H17NO2/c1-7(2)10-6-11-8(3)4-9-5-8/h7,9H,4-6H2,1-3H3. The van der Waals surface area contributed by atoms with E-state index >= 15 is 0 Å². The monoisotopic (exact) mass is 159 g/mol. The molecule has 0 unspecified atom stereocenters. The highest BCUT2D eigenvalue weighted by molar-refractivity contribution is 4.89. The van der Waals surface area contributed by atoms with E-state index in [0.717, 1.165) is 13.1 Å². The molecule has 0 aromatic heterocycles. The molecule has 0 saturated carbocycles. The van der Waals surface area contributed by atoms with Crippen molar-refractivity contribution < 1.29 is 9.47 Å². The van der Waals surface area contributed by atoms with Crippen molar-refractivity contribution in [2.24, 2.45) is 0 Å². The lowest BCUT2D eigenvalue weighted by Crippen LogP contribution is -2.59. The average molecular weight is 159 g/mol. The lowest BCUT2D eigenvalue weighted by atomic mass is 10.0. The van der Waals surface area contributed by atoms with Gasteiger partial charge in [-0.05, 0) is 20.8 Å². The van der Waals surface area contributed by atoms with Crippen LogP contribution in [0.3, 0.4) is 0 Å². The minimum absolute atomic E-state index is 0.0227. The van der Waals surface area contributed by atoms with Crippen LogP contribution in [0.1, 0.15) is 20.8 Å². The van der Waals surface area contributed by atoms with Crippen molar-refractivity contribution in [2.75, 3.05) is 19.9 Å². The molecule has 0 amide bonds. The van der Waals surface area contributed by atoms with Gasteiger partial charge in [-0.25, -0.2) is 0 Å². The van der Waals surface area contributed by atoms with Gasteiger partial charge in [0.05, 0.1) is 11.7 Å². The van der Waals surface area contributed by atoms with Crippen LogP contribution in [0.2, 0.25) is 0 Å². The van der Waals surface area contributed by atoms with Crippen molar-refractivity contribution in [2.45, 2.75) is 32.5 Å². The van der Waals surface area contributed by atoms with Crippen LogP contribution in [-0.2, 0) is 9.47 Å². The maximum absolute atomic E-state index is 5.49. The molecule has 1 N–H and O–H groups in total. The van der Waals surface area contributed by atoms with Crippen molar-refractivity contribution in [3.8, 4) is 0 Å². The van der Waals surface area contributed by atoms with Crippen molar-refractivity contribution in [3.05, 3.63) is 0 Å². The van der Waals surface area contributed by atoms with Crippen LogP contribution in [0.5, 0.6) is 0 Å². The van der Waals surface area contributed by atoms with E-state index in [1.807, 2.05) is 13.8 Å². The lowest BCUT2D eigenvalue weighted by molar-refractivity contribution is -0.165. The Bertz CT molecular complexity index is 121. The molecular weight excluding hydrogens is 142 g/mol. The van der Waals surface area contributed by atoms with Crippen LogP contribution < -0.4 is 5.32 Å². The van der Waals surface area contributed by atoms with Gasteiger partial charge in [-0.2, -0.15) is 0 Å². The second-order valence-electron chi connectivity index (χ2n) is 3.53.